The van der Waals surface area contributed by atoms with Crippen molar-refractivity contribution in [1.82, 2.24) is 19.5 Å². The van der Waals surface area contributed by atoms with E-state index in [0.29, 0.717) is 24.9 Å². The molecule has 3 aromatic heterocycles. The lowest BCUT2D eigenvalue weighted by Crippen LogP contribution is -2.54. The SMILES string of the molecule is Nc1ncccc1-c1nc2ccc(-c3ccccc3)nc2n1-c1ccc(C2(N)COC2)cc1. The molecule has 7 nitrogen and oxygen atoms in total. The monoisotopic (exact) mass is 434 g/mol. The van der Waals surface area contributed by atoms with Crippen molar-refractivity contribution in [2.24, 2.45) is 5.73 Å². The molecule has 0 bridgehead atoms. The molecule has 162 valence electrons. The average molecular weight is 435 g/mol. The van der Waals surface area contributed by atoms with Crippen molar-refractivity contribution in [3.8, 4) is 28.3 Å². The molecule has 0 amide bonds. The van der Waals surface area contributed by atoms with Gasteiger partial charge in [-0.2, -0.15) is 0 Å². The van der Waals surface area contributed by atoms with Crippen LogP contribution in [0, 0.1) is 0 Å². The van der Waals surface area contributed by atoms with E-state index >= 15 is 0 Å². The second kappa shape index (κ2) is 7.51. The minimum atomic E-state index is -0.426. The van der Waals surface area contributed by atoms with E-state index in [1.807, 2.05) is 83.4 Å². The molecule has 0 aliphatic carbocycles. The van der Waals surface area contributed by atoms with Crippen molar-refractivity contribution in [3.05, 3.63) is 90.6 Å². The van der Waals surface area contributed by atoms with Crippen LogP contribution in [0.15, 0.2) is 85.1 Å². The zero-order valence-corrected chi connectivity index (χ0v) is 17.8. The number of rotatable bonds is 4. The van der Waals surface area contributed by atoms with Gasteiger partial charge in [-0.1, -0.05) is 42.5 Å². The fourth-order valence-electron chi connectivity index (χ4n) is 4.19. The molecule has 1 saturated heterocycles. The van der Waals surface area contributed by atoms with Crippen LogP contribution in [0.1, 0.15) is 5.56 Å². The summed E-state index contributed by atoms with van der Waals surface area (Å²) in [6.45, 7) is 1.06. The first-order valence-corrected chi connectivity index (χ1v) is 10.8. The van der Waals surface area contributed by atoms with E-state index in [1.54, 1.807) is 6.20 Å². The number of anilines is 1. The van der Waals surface area contributed by atoms with Crippen LogP contribution in [0.3, 0.4) is 0 Å². The number of fused-ring (bicyclic) bond motifs is 1. The Hall–Kier alpha value is -4.07. The van der Waals surface area contributed by atoms with Gasteiger partial charge in [-0.3, -0.25) is 4.57 Å². The molecule has 1 aliphatic heterocycles. The molecule has 0 radical (unpaired) electrons. The number of nitrogens with two attached hydrogens (primary N) is 2. The van der Waals surface area contributed by atoms with Gasteiger partial charge in [-0.15, -0.1) is 0 Å². The van der Waals surface area contributed by atoms with Crippen LogP contribution in [0.25, 0.3) is 39.5 Å². The van der Waals surface area contributed by atoms with E-state index < -0.39 is 5.54 Å². The van der Waals surface area contributed by atoms with E-state index in [-0.39, 0.29) is 0 Å². The van der Waals surface area contributed by atoms with Gasteiger partial charge in [0.25, 0.3) is 0 Å². The molecular formula is C26H22N6O. The Morgan fingerprint density at radius 1 is 0.848 bits per heavy atom. The molecular weight excluding hydrogens is 412 g/mol. The third-order valence-corrected chi connectivity index (χ3v) is 6.07. The molecule has 0 atom stereocenters. The molecule has 1 fully saturated rings. The highest BCUT2D eigenvalue weighted by Crippen LogP contribution is 2.33. The smallest absolute Gasteiger partial charge is 0.165 e. The molecule has 2 aromatic carbocycles. The van der Waals surface area contributed by atoms with Crippen LogP contribution in [0.5, 0.6) is 0 Å². The highest BCUT2D eigenvalue weighted by molar-refractivity contribution is 5.84. The van der Waals surface area contributed by atoms with Gasteiger partial charge in [0.15, 0.2) is 11.5 Å². The van der Waals surface area contributed by atoms with E-state index in [2.05, 4.69) is 4.98 Å². The number of nitrogen functional groups attached to an aromatic ring is 1. The van der Waals surface area contributed by atoms with Crippen molar-refractivity contribution >= 4 is 17.0 Å². The van der Waals surface area contributed by atoms with Crippen molar-refractivity contribution in [1.29, 1.82) is 0 Å². The minimum Gasteiger partial charge on any atom is -0.383 e. The minimum absolute atomic E-state index is 0.418. The maximum absolute atomic E-state index is 6.43. The van der Waals surface area contributed by atoms with Crippen LogP contribution in [0.2, 0.25) is 0 Å². The maximum Gasteiger partial charge on any atom is 0.165 e. The quantitative estimate of drug-likeness (QED) is 0.444. The van der Waals surface area contributed by atoms with Crippen LogP contribution >= 0.6 is 0 Å². The van der Waals surface area contributed by atoms with Crippen molar-refractivity contribution in [2.45, 2.75) is 5.54 Å². The Labute approximate surface area is 190 Å². The van der Waals surface area contributed by atoms with E-state index in [4.69, 9.17) is 26.2 Å². The summed E-state index contributed by atoms with van der Waals surface area (Å²) in [5.41, 5.74) is 18.4. The molecule has 0 saturated carbocycles. The number of ether oxygens (including phenoxy) is 1. The summed E-state index contributed by atoms with van der Waals surface area (Å²) in [7, 11) is 0. The largest absolute Gasteiger partial charge is 0.383 e. The Morgan fingerprint density at radius 3 is 2.33 bits per heavy atom. The number of benzene rings is 2. The average Bonchev–Trinajstić information content (AvgIpc) is 3.22. The second-order valence-corrected chi connectivity index (χ2v) is 8.31. The first-order valence-electron chi connectivity index (χ1n) is 10.8. The molecule has 4 heterocycles. The Balaban J connectivity index is 1.57. The molecule has 6 rings (SSSR count). The van der Waals surface area contributed by atoms with Crippen LogP contribution < -0.4 is 11.5 Å². The second-order valence-electron chi connectivity index (χ2n) is 8.31. The number of aromatic nitrogens is 4. The molecule has 0 unspecified atom stereocenters. The van der Waals surface area contributed by atoms with Gasteiger partial charge < -0.3 is 16.2 Å². The predicted octanol–water partition coefficient (Wildman–Crippen LogP) is 3.92. The van der Waals surface area contributed by atoms with E-state index in [1.165, 1.54) is 0 Å². The van der Waals surface area contributed by atoms with Crippen molar-refractivity contribution < 1.29 is 4.74 Å². The standard InChI is InChI=1S/C26H22N6O/c27-23-20(7-4-14-29-23)24-31-22-13-12-21(17-5-2-1-3-6-17)30-25(22)32(24)19-10-8-18(9-11-19)26(28)15-33-16-26/h1-14H,15-16,28H2,(H2,27,29). The van der Waals surface area contributed by atoms with Crippen molar-refractivity contribution in [3.63, 3.8) is 0 Å². The third kappa shape index (κ3) is 3.26. The summed E-state index contributed by atoms with van der Waals surface area (Å²) in [6, 6.07) is 26.0. The molecule has 4 N–H and O–H groups in total. The summed E-state index contributed by atoms with van der Waals surface area (Å²) in [6.07, 6.45) is 1.67. The Kier molecular flexibility index (Phi) is 4.46. The Bertz CT molecular complexity index is 1460. The van der Waals surface area contributed by atoms with Gasteiger partial charge in [0.05, 0.1) is 30.0 Å². The first-order chi connectivity index (χ1) is 16.1. The number of imidazole rings is 1. The summed E-state index contributed by atoms with van der Waals surface area (Å²) in [5, 5.41) is 0. The lowest BCUT2D eigenvalue weighted by Gasteiger charge is -2.38. The molecule has 7 heteroatoms. The van der Waals surface area contributed by atoms with Gasteiger partial charge in [-0.25, -0.2) is 15.0 Å². The lowest BCUT2D eigenvalue weighted by atomic mass is 9.89. The van der Waals surface area contributed by atoms with Gasteiger partial charge >= 0.3 is 0 Å². The molecule has 33 heavy (non-hydrogen) atoms. The predicted molar refractivity (Wildman–Crippen MR) is 129 cm³/mol. The number of nitrogens with zero attached hydrogens (tertiary/aromatic N) is 4. The summed E-state index contributed by atoms with van der Waals surface area (Å²) < 4.78 is 7.35. The van der Waals surface area contributed by atoms with Gasteiger partial charge in [-0.05, 0) is 42.0 Å². The zero-order chi connectivity index (χ0) is 22.4. The zero-order valence-electron chi connectivity index (χ0n) is 17.8. The summed E-state index contributed by atoms with van der Waals surface area (Å²) >= 11 is 0. The maximum atomic E-state index is 6.43. The topological polar surface area (TPSA) is 105 Å². The van der Waals surface area contributed by atoms with Crippen LogP contribution in [-0.2, 0) is 10.3 Å². The third-order valence-electron chi connectivity index (χ3n) is 6.07. The van der Waals surface area contributed by atoms with Gasteiger partial charge in [0.2, 0.25) is 0 Å². The van der Waals surface area contributed by atoms with Gasteiger partial charge in [0, 0.05) is 17.4 Å². The normalized spacial score (nSPS) is 14.8. The summed E-state index contributed by atoms with van der Waals surface area (Å²) in [4.78, 5) is 14.1. The molecule has 1 aliphatic rings. The summed E-state index contributed by atoms with van der Waals surface area (Å²) in [5.74, 6) is 1.11. The Morgan fingerprint density at radius 2 is 1.64 bits per heavy atom. The lowest BCUT2D eigenvalue weighted by molar-refractivity contribution is -0.0569. The van der Waals surface area contributed by atoms with Crippen LogP contribution in [0.4, 0.5) is 5.82 Å². The number of pyridine rings is 2. The van der Waals surface area contributed by atoms with Crippen molar-refractivity contribution in [2.75, 3.05) is 18.9 Å². The first kappa shape index (κ1) is 19.6. The molecule has 5 aromatic rings. The van der Waals surface area contributed by atoms with E-state index in [9.17, 15) is 0 Å². The number of hydrogen-bond donors (Lipinski definition) is 2. The fraction of sp³-hybridized carbons (Fsp3) is 0.115. The molecule has 0 spiro atoms. The highest BCUT2D eigenvalue weighted by atomic mass is 16.5. The van der Waals surface area contributed by atoms with Gasteiger partial charge in [0.1, 0.15) is 11.3 Å². The van der Waals surface area contributed by atoms with Crippen LogP contribution in [-0.4, -0.2) is 32.7 Å². The number of hydrogen-bond acceptors (Lipinski definition) is 6. The van der Waals surface area contributed by atoms with E-state index in [0.717, 1.165) is 39.2 Å². The highest BCUT2D eigenvalue weighted by Gasteiger charge is 2.36. The fourth-order valence-corrected chi connectivity index (χ4v) is 4.19.